The highest BCUT2D eigenvalue weighted by Crippen LogP contribution is 2.16. The van der Waals surface area contributed by atoms with Crippen molar-refractivity contribution in [3.8, 4) is 0 Å². The van der Waals surface area contributed by atoms with E-state index in [4.69, 9.17) is 23.7 Å². The normalized spacial score (nSPS) is 12.8. The number of nitrogens with one attached hydrogen (secondary N) is 1. The Morgan fingerprint density at radius 3 is 1.42 bits per heavy atom. The molecule has 1 amide bonds. The summed E-state index contributed by atoms with van der Waals surface area (Å²) in [4.78, 5) is 12.4. The summed E-state index contributed by atoms with van der Waals surface area (Å²) < 4.78 is 29.6. The van der Waals surface area contributed by atoms with Gasteiger partial charge in [0.25, 0.3) is 0 Å². The molecule has 0 aliphatic rings. The lowest BCUT2D eigenvalue weighted by molar-refractivity contribution is -0.114. The van der Waals surface area contributed by atoms with E-state index in [0.29, 0.717) is 39.4 Å². The molecule has 0 saturated heterocycles. The maximum Gasteiger partial charge on any atom is 0.407 e. The first-order valence-corrected chi connectivity index (χ1v) is 21.5. The minimum absolute atomic E-state index is 0.197. The van der Waals surface area contributed by atoms with Crippen molar-refractivity contribution in [2.24, 2.45) is 0 Å². The molecule has 50 heavy (non-hydrogen) atoms. The Morgan fingerprint density at radius 2 is 0.960 bits per heavy atom. The average Bonchev–Trinajstić information content (AvgIpc) is 3.07. The summed E-state index contributed by atoms with van der Waals surface area (Å²) >= 11 is 0. The van der Waals surface area contributed by atoms with Crippen LogP contribution in [0.3, 0.4) is 0 Å². The first-order valence-electron chi connectivity index (χ1n) is 21.5. The van der Waals surface area contributed by atoms with Crippen molar-refractivity contribution in [2.75, 3.05) is 46.2 Å². The van der Waals surface area contributed by atoms with Crippen LogP contribution in [-0.2, 0) is 23.7 Å². The molecule has 0 aliphatic carbocycles. The first kappa shape index (κ1) is 49.1. The Hall–Kier alpha value is -0.890. The van der Waals surface area contributed by atoms with E-state index in [2.05, 4.69) is 19.2 Å². The quantitative estimate of drug-likeness (QED) is 0.0642. The first-order chi connectivity index (χ1) is 24.1. The van der Waals surface area contributed by atoms with Gasteiger partial charge in [0.15, 0.2) is 0 Å². The molecule has 0 aromatic rings. The molecule has 0 rings (SSSR count). The highest BCUT2D eigenvalue weighted by atomic mass is 16.6. The molecule has 1 unspecified atom stereocenters. The molecule has 0 bridgehead atoms. The van der Waals surface area contributed by atoms with Gasteiger partial charge in [-0.15, -0.1) is 0 Å². The van der Waals surface area contributed by atoms with Gasteiger partial charge < -0.3 is 29.0 Å². The van der Waals surface area contributed by atoms with Gasteiger partial charge in [0, 0.05) is 26.4 Å². The highest BCUT2D eigenvalue weighted by molar-refractivity contribution is 5.67. The highest BCUT2D eigenvalue weighted by Gasteiger charge is 2.22. The standard InChI is InChI=1S/C43H87NO6/c1-8-10-12-14-16-18-20-22-24-26-28-30-34-46-37-40(47-35-31-29-27-25-23-21-19-17-15-13-11-9-2)38-48-41(45)44-33-32-36-49-43(6,7)39-50-42(3,4)5/h40H,8-39H2,1-7H3,(H,44,45). The average molecular weight is 714 g/mol. The molecule has 0 spiro atoms. The number of hydrogen-bond acceptors (Lipinski definition) is 6. The summed E-state index contributed by atoms with van der Waals surface area (Å²) in [5.74, 6) is 0. The second-order valence-corrected chi connectivity index (χ2v) is 16.2. The van der Waals surface area contributed by atoms with Crippen molar-refractivity contribution in [3.05, 3.63) is 0 Å². The van der Waals surface area contributed by atoms with Gasteiger partial charge in [-0.2, -0.15) is 0 Å². The largest absolute Gasteiger partial charge is 0.447 e. The number of rotatable bonds is 38. The number of ether oxygens (including phenoxy) is 5. The smallest absolute Gasteiger partial charge is 0.407 e. The van der Waals surface area contributed by atoms with Crippen LogP contribution >= 0.6 is 0 Å². The molecule has 0 radical (unpaired) electrons. The van der Waals surface area contributed by atoms with Crippen molar-refractivity contribution in [1.82, 2.24) is 5.32 Å². The molecule has 7 nitrogen and oxygen atoms in total. The second-order valence-electron chi connectivity index (χ2n) is 16.2. The Bertz CT molecular complexity index is 710. The summed E-state index contributed by atoms with van der Waals surface area (Å²) in [6.07, 6.45) is 31.9. The second kappa shape index (κ2) is 35.2. The SMILES string of the molecule is CCCCCCCCCCCCCCOCC(COC(=O)NCCCOC(C)(C)COC(C)(C)C)OCCCCCCCCCCCCCC. The Kier molecular flexibility index (Phi) is 34.5. The van der Waals surface area contributed by atoms with Gasteiger partial charge in [-0.25, -0.2) is 4.79 Å². The van der Waals surface area contributed by atoms with E-state index >= 15 is 0 Å². The number of hydrogen-bond donors (Lipinski definition) is 1. The minimum Gasteiger partial charge on any atom is -0.447 e. The Balaban J connectivity index is 4.22. The third-order valence-electron chi connectivity index (χ3n) is 9.13. The molecule has 0 aromatic heterocycles. The maximum atomic E-state index is 12.4. The summed E-state index contributed by atoms with van der Waals surface area (Å²) in [5.41, 5.74) is -0.573. The Morgan fingerprint density at radius 1 is 0.520 bits per heavy atom. The summed E-state index contributed by atoms with van der Waals surface area (Å²) in [6, 6.07) is 0. The van der Waals surface area contributed by atoms with Crippen molar-refractivity contribution < 1.29 is 28.5 Å². The lowest BCUT2D eigenvalue weighted by Gasteiger charge is -2.30. The molecular formula is C43H87NO6. The lowest BCUT2D eigenvalue weighted by atomic mass is 10.1. The lowest BCUT2D eigenvalue weighted by Crippen LogP contribution is -2.36. The van der Waals surface area contributed by atoms with Crippen LogP contribution in [0.4, 0.5) is 4.79 Å². The number of alkyl carbamates (subject to hydrolysis) is 1. The zero-order valence-electron chi connectivity index (χ0n) is 34.7. The minimum atomic E-state index is -0.416. The van der Waals surface area contributed by atoms with Crippen LogP contribution in [0.1, 0.15) is 209 Å². The van der Waals surface area contributed by atoms with Crippen LogP contribution in [0.2, 0.25) is 0 Å². The van der Waals surface area contributed by atoms with E-state index in [1.165, 1.54) is 141 Å². The third kappa shape index (κ3) is 38.3. The third-order valence-corrected chi connectivity index (χ3v) is 9.13. The van der Waals surface area contributed by atoms with Crippen LogP contribution in [-0.4, -0.2) is 69.6 Å². The van der Waals surface area contributed by atoms with Crippen LogP contribution in [0.5, 0.6) is 0 Å². The van der Waals surface area contributed by atoms with Gasteiger partial charge in [-0.3, -0.25) is 0 Å². The topological polar surface area (TPSA) is 75.3 Å². The molecule has 0 fully saturated rings. The fourth-order valence-electron chi connectivity index (χ4n) is 5.86. The molecule has 1 atom stereocenters. The van der Waals surface area contributed by atoms with Gasteiger partial charge in [-0.05, 0) is 53.9 Å². The van der Waals surface area contributed by atoms with Crippen LogP contribution in [0.15, 0.2) is 0 Å². The van der Waals surface area contributed by atoms with Crippen molar-refractivity contribution in [3.63, 3.8) is 0 Å². The molecule has 1 N–H and O–H groups in total. The van der Waals surface area contributed by atoms with E-state index in [-0.39, 0.29) is 23.9 Å². The van der Waals surface area contributed by atoms with E-state index < -0.39 is 6.09 Å². The fraction of sp³-hybridized carbons (Fsp3) is 0.977. The van der Waals surface area contributed by atoms with E-state index in [0.717, 1.165) is 19.4 Å². The zero-order valence-corrected chi connectivity index (χ0v) is 34.7. The van der Waals surface area contributed by atoms with Gasteiger partial charge in [0.05, 0.1) is 24.4 Å². The molecule has 300 valence electrons. The van der Waals surface area contributed by atoms with Gasteiger partial charge in [0.2, 0.25) is 0 Å². The van der Waals surface area contributed by atoms with Crippen LogP contribution < -0.4 is 5.32 Å². The van der Waals surface area contributed by atoms with Gasteiger partial charge in [0.1, 0.15) is 12.7 Å². The molecule has 0 saturated carbocycles. The van der Waals surface area contributed by atoms with Crippen molar-refractivity contribution >= 4 is 6.09 Å². The van der Waals surface area contributed by atoms with Gasteiger partial charge in [-0.1, -0.05) is 155 Å². The summed E-state index contributed by atoms with van der Waals surface area (Å²) in [5, 5.41) is 2.85. The molecule has 7 heteroatoms. The number of carbonyl (C=O) groups excluding carboxylic acids is 1. The van der Waals surface area contributed by atoms with E-state index in [1.54, 1.807) is 0 Å². The zero-order chi connectivity index (χ0) is 37.0. The van der Waals surface area contributed by atoms with Crippen LogP contribution in [0, 0.1) is 0 Å². The monoisotopic (exact) mass is 714 g/mol. The number of amides is 1. The summed E-state index contributed by atoms with van der Waals surface area (Å²) in [7, 11) is 0. The molecular weight excluding hydrogens is 626 g/mol. The number of unbranched alkanes of at least 4 members (excludes halogenated alkanes) is 22. The van der Waals surface area contributed by atoms with E-state index in [1.807, 2.05) is 34.6 Å². The fourth-order valence-corrected chi connectivity index (χ4v) is 5.86. The summed E-state index contributed by atoms with van der Waals surface area (Å²) in [6.45, 7) is 18.4. The predicted octanol–water partition coefficient (Wildman–Crippen LogP) is 12.5. The molecule has 0 aliphatic heterocycles. The number of carbonyl (C=O) groups is 1. The Labute approximate surface area is 311 Å². The van der Waals surface area contributed by atoms with Crippen molar-refractivity contribution in [2.45, 2.75) is 226 Å². The van der Waals surface area contributed by atoms with Crippen LogP contribution in [0.25, 0.3) is 0 Å². The van der Waals surface area contributed by atoms with Crippen molar-refractivity contribution in [1.29, 1.82) is 0 Å². The van der Waals surface area contributed by atoms with E-state index in [9.17, 15) is 4.79 Å². The predicted molar refractivity (Wildman–Crippen MR) is 212 cm³/mol. The molecule has 0 heterocycles. The van der Waals surface area contributed by atoms with Gasteiger partial charge >= 0.3 is 6.09 Å². The maximum absolute atomic E-state index is 12.4. The molecule has 0 aromatic carbocycles.